The molecule has 0 aliphatic carbocycles. The third kappa shape index (κ3) is 3.65. The first-order valence-electron chi connectivity index (χ1n) is 9.48. The van der Waals surface area contributed by atoms with Crippen molar-refractivity contribution < 1.29 is 4.79 Å². The highest BCUT2D eigenvalue weighted by Crippen LogP contribution is 2.18. The number of nitrogens with zero attached hydrogens (tertiary/aromatic N) is 6. The lowest BCUT2D eigenvalue weighted by Gasteiger charge is -2.17. The van der Waals surface area contributed by atoms with Crippen molar-refractivity contribution in [2.75, 3.05) is 29.9 Å². The largest absolute Gasteiger partial charge is 0.354 e. The van der Waals surface area contributed by atoms with E-state index in [0.29, 0.717) is 11.9 Å². The number of imidazole rings is 1. The standard InChI is InChI=1S/C19H24N8O/c1-4-20-14-5-6-26(10-14)17-8-21-15(7-22-17)19(28)25-16-11-27-9-12(2)23-18(27)13(3)24-16/h7-9,11,14,20H,4-6,10H2,1-3H3,(H,25,28)/t14-/m1/s1. The van der Waals surface area contributed by atoms with Gasteiger partial charge in [-0.15, -0.1) is 0 Å². The van der Waals surface area contributed by atoms with E-state index in [0.717, 1.165) is 48.9 Å². The van der Waals surface area contributed by atoms with Gasteiger partial charge in [0.2, 0.25) is 0 Å². The van der Waals surface area contributed by atoms with E-state index in [1.165, 1.54) is 6.20 Å². The summed E-state index contributed by atoms with van der Waals surface area (Å²) in [5.74, 6) is 0.904. The zero-order chi connectivity index (χ0) is 19.7. The molecule has 4 heterocycles. The molecule has 0 saturated carbocycles. The van der Waals surface area contributed by atoms with E-state index in [-0.39, 0.29) is 11.6 Å². The van der Waals surface area contributed by atoms with Gasteiger partial charge in [0.15, 0.2) is 5.65 Å². The molecule has 0 unspecified atom stereocenters. The molecule has 2 N–H and O–H groups in total. The van der Waals surface area contributed by atoms with Gasteiger partial charge in [0.05, 0.1) is 30.0 Å². The highest BCUT2D eigenvalue weighted by molar-refractivity contribution is 6.02. The lowest BCUT2D eigenvalue weighted by atomic mass is 10.3. The summed E-state index contributed by atoms with van der Waals surface area (Å²) in [7, 11) is 0. The maximum Gasteiger partial charge on any atom is 0.277 e. The Hall–Kier alpha value is -3.07. The first kappa shape index (κ1) is 18.3. The summed E-state index contributed by atoms with van der Waals surface area (Å²) in [6, 6.07) is 0.478. The van der Waals surface area contributed by atoms with Crippen molar-refractivity contribution in [1.82, 2.24) is 29.7 Å². The lowest BCUT2D eigenvalue weighted by molar-refractivity contribution is 0.102. The summed E-state index contributed by atoms with van der Waals surface area (Å²) in [5.41, 5.74) is 2.68. The third-order valence-corrected chi connectivity index (χ3v) is 4.84. The fraction of sp³-hybridized carbons (Fsp3) is 0.421. The molecule has 1 atom stereocenters. The van der Waals surface area contributed by atoms with Crippen LogP contribution >= 0.6 is 0 Å². The number of aromatic nitrogens is 5. The highest BCUT2D eigenvalue weighted by atomic mass is 16.1. The number of fused-ring (bicyclic) bond motifs is 1. The summed E-state index contributed by atoms with van der Waals surface area (Å²) in [5, 5.41) is 6.24. The molecule has 0 spiro atoms. The Morgan fingerprint density at radius 2 is 2.07 bits per heavy atom. The number of anilines is 2. The van der Waals surface area contributed by atoms with Crippen LogP contribution in [0.5, 0.6) is 0 Å². The zero-order valence-electron chi connectivity index (χ0n) is 16.3. The molecule has 3 aromatic heterocycles. The van der Waals surface area contributed by atoms with Crippen molar-refractivity contribution >= 4 is 23.2 Å². The molecule has 4 rings (SSSR count). The molecule has 9 nitrogen and oxygen atoms in total. The molecule has 3 aromatic rings. The SMILES string of the molecule is CCN[C@@H]1CCN(c2cnc(C(=O)Nc3cn4cc(C)nc4c(C)n3)cn2)C1. The van der Waals surface area contributed by atoms with E-state index in [1.54, 1.807) is 12.4 Å². The normalized spacial score (nSPS) is 16.7. The Morgan fingerprint density at radius 1 is 1.21 bits per heavy atom. The van der Waals surface area contributed by atoms with Crippen LogP contribution < -0.4 is 15.5 Å². The molecule has 1 saturated heterocycles. The molecular formula is C19H24N8O. The van der Waals surface area contributed by atoms with Gasteiger partial charge in [-0.05, 0) is 26.8 Å². The van der Waals surface area contributed by atoms with E-state index in [9.17, 15) is 4.79 Å². The van der Waals surface area contributed by atoms with E-state index in [4.69, 9.17) is 0 Å². The number of amides is 1. The number of aryl methyl sites for hydroxylation is 2. The molecule has 1 amide bonds. The van der Waals surface area contributed by atoms with Crippen molar-refractivity contribution in [2.45, 2.75) is 33.2 Å². The molecule has 0 aromatic carbocycles. The van der Waals surface area contributed by atoms with Gasteiger partial charge in [-0.3, -0.25) is 4.79 Å². The van der Waals surface area contributed by atoms with Gasteiger partial charge in [0, 0.05) is 25.3 Å². The number of rotatable bonds is 5. The Morgan fingerprint density at radius 3 is 2.82 bits per heavy atom. The number of hydrogen-bond acceptors (Lipinski definition) is 7. The molecule has 1 aliphatic heterocycles. The molecular weight excluding hydrogens is 356 g/mol. The Bertz CT molecular complexity index is 997. The summed E-state index contributed by atoms with van der Waals surface area (Å²) in [4.78, 5) is 32.3. The van der Waals surface area contributed by atoms with Gasteiger partial charge in [-0.1, -0.05) is 6.92 Å². The zero-order valence-corrected chi connectivity index (χ0v) is 16.3. The Balaban J connectivity index is 1.45. The van der Waals surface area contributed by atoms with Crippen LogP contribution in [0.3, 0.4) is 0 Å². The number of nitrogens with one attached hydrogen (secondary N) is 2. The second kappa shape index (κ2) is 7.51. The smallest absolute Gasteiger partial charge is 0.277 e. The third-order valence-electron chi connectivity index (χ3n) is 4.84. The van der Waals surface area contributed by atoms with E-state index >= 15 is 0 Å². The second-order valence-electron chi connectivity index (χ2n) is 7.03. The summed E-state index contributed by atoms with van der Waals surface area (Å²) < 4.78 is 1.86. The first-order chi connectivity index (χ1) is 13.5. The van der Waals surface area contributed by atoms with Gasteiger partial charge in [-0.25, -0.2) is 19.9 Å². The quantitative estimate of drug-likeness (QED) is 0.693. The minimum absolute atomic E-state index is 0.257. The predicted molar refractivity (Wildman–Crippen MR) is 107 cm³/mol. The van der Waals surface area contributed by atoms with Crippen molar-refractivity contribution in [2.24, 2.45) is 0 Å². The average molecular weight is 380 g/mol. The van der Waals surface area contributed by atoms with Crippen LogP contribution in [0, 0.1) is 13.8 Å². The Labute approximate surface area is 163 Å². The van der Waals surface area contributed by atoms with Crippen molar-refractivity contribution in [3.05, 3.63) is 41.9 Å². The highest BCUT2D eigenvalue weighted by Gasteiger charge is 2.23. The first-order valence-corrected chi connectivity index (χ1v) is 9.48. The predicted octanol–water partition coefficient (Wildman–Crippen LogP) is 1.58. The average Bonchev–Trinajstić information content (AvgIpc) is 3.28. The number of likely N-dealkylation sites (N-methyl/N-ethyl adjacent to an activating group) is 1. The monoisotopic (exact) mass is 380 g/mol. The summed E-state index contributed by atoms with van der Waals surface area (Å²) >= 11 is 0. The molecule has 28 heavy (non-hydrogen) atoms. The van der Waals surface area contributed by atoms with Crippen LogP contribution in [0.15, 0.2) is 24.8 Å². The van der Waals surface area contributed by atoms with Gasteiger partial charge in [0.25, 0.3) is 5.91 Å². The minimum Gasteiger partial charge on any atom is -0.354 e. The van der Waals surface area contributed by atoms with Crippen molar-refractivity contribution in [3.8, 4) is 0 Å². The molecule has 0 radical (unpaired) electrons. The molecule has 9 heteroatoms. The summed E-state index contributed by atoms with van der Waals surface area (Å²) in [6.07, 6.45) is 7.89. The minimum atomic E-state index is -0.339. The topological polar surface area (TPSA) is 100 Å². The number of carbonyl (C=O) groups is 1. The Kier molecular flexibility index (Phi) is 4.91. The van der Waals surface area contributed by atoms with Crippen molar-refractivity contribution in [3.63, 3.8) is 0 Å². The maximum absolute atomic E-state index is 12.5. The fourth-order valence-corrected chi connectivity index (χ4v) is 3.54. The molecule has 1 fully saturated rings. The molecule has 146 valence electrons. The van der Waals surface area contributed by atoms with E-state index < -0.39 is 0 Å². The maximum atomic E-state index is 12.5. The number of hydrogen-bond donors (Lipinski definition) is 2. The van der Waals surface area contributed by atoms with E-state index in [2.05, 4.69) is 42.4 Å². The van der Waals surface area contributed by atoms with Gasteiger partial charge >= 0.3 is 0 Å². The van der Waals surface area contributed by atoms with Crippen molar-refractivity contribution in [1.29, 1.82) is 0 Å². The lowest BCUT2D eigenvalue weighted by Crippen LogP contribution is -2.32. The van der Waals surface area contributed by atoms with E-state index in [1.807, 2.05) is 24.4 Å². The van der Waals surface area contributed by atoms with Crippen LogP contribution in [-0.2, 0) is 0 Å². The van der Waals surface area contributed by atoms with Crippen LogP contribution in [-0.4, -0.2) is 55.9 Å². The van der Waals surface area contributed by atoms with Crippen LogP contribution in [0.25, 0.3) is 5.65 Å². The van der Waals surface area contributed by atoms with Crippen LogP contribution in [0.2, 0.25) is 0 Å². The van der Waals surface area contributed by atoms with Gasteiger partial charge in [0.1, 0.15) is 17.3 Å². The summed E-state index contributed by atoms with van der Waals surface area (Å²) in [6.45, 7) is 8.69. The van der Waals surface area contributed by atoms with Crippen LogP contribution in [0.1, 0.15) is 35.2 Å². The molecule has 0 bridgehead atoms. The second-order valence-corrected chi connectivity index (χ2v) is 7.03. The van der Waals surface area contributed by atoms with Gasteiger partial charge in [-0.2, -0.15) is 0 Å². The number of carbonyl (C=O) groups excluding carboxylic acids is 1. The van der Waals surface area contributed by atoms with Crippen LogP contribution in [0.4, 0.5) is 11.6 Å². The van der Waals surface area contributed by atoms with Gasteiger partial charge < -0.3 is 19.9 Å². The fourth-order valence-electron chi connectivity index (χ4n) is 3.54. The molecule has 1 aliphatic rings.